The van der Waals surface area contributed by atoms with E-state index >= 15 is 0 Å². The Morgan fingerprint density at radius 2 is 1.53 bits per heavy atom. The number of piperazine rings is 1. The summed E-state index contributed by atoms with van der Waals surface area (Å²) in [5.74, 6) is -1.16. The minimum absolute atomic E-state index is 0.0624. The number of carboxylic acids is 1. The monoisotopic (exact) mass is 768 g/mol. The molecule has 274 valence electrons. The number of carbonyl (C=O) groups excluding carboxylic acids is 1. The largest absolute Gasteiger partial charge is 0.481 e. The number of sulfonamides is 1. The molecule has 1 aliphatic rings. The first kappa shape index (κ1) is 37.9. The number of hydrogen-bond acceptors (Lipinski definition) is 8. The maximum Gasteiger partial charge on any atom is 0.305 e. The molecule has 6 rings (SSSR count). The maximum absolute atomic E-state index is 13.2. The number of carboxylic acid groups (broad SMARTS) is 1. The van der Waals surface area contributed by atoms with Gasteiger partial charge < -0.3 is 15.3 Å². The molecule has 5 aromatic rings. The molecule has 3 N–H and O–H groups in total. The van der Waals surface area contributed by atoms with E-state index < -0.39 is 27.9 Å². The van der Waals surface area contributed by atoms with E-state index in [1.807, 2.05) is 66.7 Å². The van der Waals surface area contributed by atoms with Gasteiger partial charge in [-0.15, -0.1) is 11.8 Å². The smallest absolute Gasteiger partial charge is 0.305 e. The Balaban J connectivity index is 1.03. The standard InChI is InChI=1S/C41H41ClN4O5S2/c1-29-25-37(19-20-39(29)43-34(26-40(47)48)28-52-36-8-3-2-4-9-36)53(50,51)44-41(49)31-13-17-35(18-14-31)46-23-21-45(22-24-46)27-32-7-5-6-10-38(32)30-11-15-33(42)16-12-30/h2-20,25,34,43H,21-24,26-28H2,1H3,(H,44,49)(H,47,48)/t34-/m1/s1. The molecule has 53 heavy (non-hydrogen) atoms. The number of hydrogen-bond donors (Lipinski definition) is 3. The summed E-state index contributed by atoms with van der Waals surface area (Å²) in [4.78, 5) is 30.3. The minimum atomic E-state index is -4.17. The molecule has 1 heterocycles. The summed E-state index contributed by atoms with van der Waals surface area (Å²) in [7, 11) is -4.17. The number of anilines is 2. The van der Waals surface area contributed by atoms with Crippen LogP contribution in [0, 0.1) is 6.92 Å². The van der Waals surface area contributed by atoms with Crippen LogP contribution in [0.5, 0.6) is 0 Å². The molecule has 1 amide bonds. The molecule has 1 atom stereocenters. The van der Waals surface area contributed by atoms with E-state index in [9.17, 15) is 23.1 Å². The molecule has 0 unspecified atom stereocenters. The average Bonchev–Trinajstić information content (AvgIpc) is 3.15. The van der Waals surface area contributed by atoms with Crippen LogP contribution in [0.1, 0.15) is 27.9 Å². The molecular weight excluding hydrogens is 728 g/mol. The van der Waals surface area contributed by atoms with Crippen LogP contribution in [0.25, 0.3) is 11.1 Å². The third-order valence-electron chi connectivity index (χ3n) is 9.14. The SMILES string of the molecule is Cc1cc(S(=O)(=O)NC(=O)c2ccc(N3CCN(Cc4ccccc4-c4ccc(Cl)cc4)CC3)cc2)ccc1N[C@@H](CSc1ccccc1)CC(=O)O. The van der Waals surface area contributed by atoms with Crippen LogP contribution in [0.3, 0.4) is 0 Å². The fraction of sp³-hybridized carbons (Fsp3) is 0.220. The predicted octanol–water partition coefficient (Wildman–Crippen LogP) is 7.80. The van der Waals surface area contributed by atoms with Gasteiger partial charge in [-0.3, -0.25) is 14.5 Å². The van der Waals surface area contributed by atoms with Crippen molar-refractivity contribution in [1.29, 1.82) is 0 Å². The Hall–Kier alpha value is -4.81. The Labute approximate surface area is 320 Å². The van der Waals surface area contributed by atoms with Gasteiger partial charge in [0.25, 0.3) is 15.9 Å². The van der Waals surface area contributed by atoms with Crippen LogP contribution in [-0.4, -0.2) is 68.3 Å². The lowest BCUT2D eigenvalue weighted by Crippen LogP contribution is -2.46. The fourth-order valence-electron chi connectivity index (χ4n) is 6.30. The number of rotatable bonds is 14. The Morgan fingerprint density at radius 1 is 0.849 bits per heavy atom. The number of thioether (sulfide) groups is 1. The number of amides is 1. The minimum Gasteiger partial charge on any atom is -0.481 e. The molecule has 1 saturated heterocycles. The molecule has 0 saturated carbocycles. The van der Waals surface area contributed by atoms with Crippen molar-refractivity contribution in [3.8, 4) is 11.1 Å². The number of aliphatic carboxylic acids is 1. The quantitative estimate of drug-likeness (QED) is 0.0973. The Morgan fingerprint density at radius 3 is 2.21 bits per heavy atom. The summed E-state index contributed by atoms with van der Waals surface area (Å²) in [6.07, 6.45) is -0.106. The van der Waals surface area contributed by atoms with E-state index in [0.29, 0.717) is 22.0 Å². The molecule has 0 radical (unpaired) electrons. The zero-order valence-electron chi connectivity index (χ0n) is 29.2. The molecule has 12 heteroatoms. The zero-order chi connectivity index (χ0) is 37.4. The topological polar surface area (TPSA) is 119 Å². The normalized spacial score (nSPS) is 14.0. The summed E-state index contributed by atoms with van der Waals surface area (Å²) >= 11 is 7.65. The molecule has 1 fully saturated rings. The lowest BCUT2D eigenvalue weighted by atomic mass is 9.99. The van der Waals surface area contributed by atoms with E-state index in [1.54, 1.807) is 25.1 Å². The van der Waals surface area contributed by atoms with Gasteiger partial charge in [-0.1, -0.05) is 66.2 Å². The summed E-state index contributed by atoms with van der Waals surface area (Å²) in [6.45, 7) is 5.95. The predicted molar refractivity (Wildman–Crippen MR) is 213 cm³/mol. The first-order valence-electron chi connectivity index (χ1n) is 17.3. The first-order chi connectivity index (χ1) is 25.5. The van der Waals surface area contributed by atoms with E-state index in [4.69, 9.17) is 11.6 Å². The second-order valence-electron chi connectivity index (χ2n) is 12.9. The van der Waals surface area contributed by atoms with Crippen LogP contribution in [-0.2, 0) is 21.4 Å². The van der Waals surface area contributed by atoms with Crippen molar-refractivity contribution in [2.45, 2.75) is 35.7 Å². The highest BCUT2D eigenvalue weighted by atomic mass is 35.5. The van der Waals surface area contributed by atoms with Crippen molar-refractivity contribution < 1.29 is 23.1 Å². The van der Waals surface area contributed by atoms with E-state index in [-0.39, 0.29) is 16.9 Å². The summed E-state index contributed by atoms with van der Waals surface area (Å²) in [5.41, 5.74) is 6.02. The second-order valence-corrected chi connectivity index (χ2v) is 16.2. The van der Waals surface area contributed by atoms with Gasteiger partial charge in [-0.25, -0.2) is 13.1 Å². The lowest BCUT2D eigenvalue weighted by molar-refractivity contribution is -0.137. The van der Waals surface area contributed by atoms with E-state index in [2.05, 4.69) is 44.1 Å². The maximum atomic E-state index is 13.2. The van der Waals surface area contributed by atoms with Crippen molar-refractivity contribution in [2.75, 3.05) is 42.1 Å². The highest BCUT2D eigenvalue weighted by molar-refractivity contribution is 7.99. The summed E-state index contributed by atoms with van der Waals surface area (Å²) < 4.78 is 28.7. The third kappa shape index (κ3) is 10.2. The van der Waals surface area contributed by atoms with Gasteiger partial charge in [0.1, 0.15) is 0 Å². The summed E-state index contributed by atoms with van der Waals surface area (Å²) in [5, 5.41) is 13.4. The van der Waals surface area contributed by atoms with E-state index in [0.717, 1.165) is 48.9 Å². The molecule has 9 nitrogen and oxygen atoms in total. The number of halogens is 1. The molecule has 1 aliphatic heterocycles. The number of nitrogens with zero attached hydrogens (tertiary/aromatic N) is 2. The molecule has 5 aromatic carbocycles. The number of aryl methyl sites for hydroxylation is 1. The van der Waals surface area contributed by atoms with Crippen molar-refractivity contribution in [2.24, 2.45) is 0 Å². The third-order valence-corrected chi connectivity index (χ3v) is 11.9. The fourth-order valence-corrected chi connectivity index (χ4v) is 8.43. The van der Waals surface area contributed by atoms with Gasteiger partial charge in [0.2, 0.25) is 0 Å². The van der Waals surface area contributed by atoms with Gasteiger partial charge in [-0.2, -0.15) is 0 Å². The van der Waals surface area contributed by atoms with Crippen LogP contribution >= 0.6 is 23.4 Å². The van der Waals surface area contributed by atoms with Gasteiger partial charge in [-0.05, 0) is 95.9 Å². The highest BCUT2D eigenvalue weighted by Gasteiger charge is 2.23. The van der Waals surface area contributed by atoms with Gasteiger partial charge in [0.05, 0.1) is 11.3 Å². The zero-order valence-corrected chi connectivity index (χ0v) is 31.6. The molecule has 0 bridgehead atoms. The van der Waals surface area contributed by atoms with Gasteiger partial charge in [0, 0.05) is 71.4 Å². The van der Waals surface area contributed by atoms with Gasteiger partial charge >= 0.3 is 5.97 Å². The highest BCUT2D eigenvalue weighted by Crippen LogP contribution is 2.28. The molecular formula is C41H41ClN4O5S2. The first-order valence-corrected chi connectivity index (χ1v) is 20.1. The molecule has 0 aliphatic carbocycles. The molecule has 0 aromatic heterocycles. The van der Waals surface area contributed by atoms with Crippen molar-refractivity contribution >= 4 is 56.6 Å². The number of benzene rings is 5. The van der Waals surface area contributed by atoms with Crippen LogP contribution in [0.4, 0.5) is 11.4 Å². The van der Waals surface area contributed by atoms with Crippen molar-refractivity contribution in [3.05, 3.63) is 143 Å². The van der Waals surface area contributed by atoms with Crippen LogP contribution in [0.15, 0.2) is 131 Å². The lowest BCUT2D eigenvalue weighted by Gasteiger charge is -2.36. The number of nitrogens with one attached hydrogen (secondary N) is 2. The van der Waals surface area contributed by atoms with Crippen molar-refractivity contribution in [1.82, 2.24) is 9.62 Å². The van der Waals surface area contributed by atoms with Gasteiger partial charge in [0.15, 0.2) is 0 Å². The Bertz CT molecular complexity index is 2140. The summed E-state index contributed by atoms with van der Waals surface area (Å²) in [6, 6.07) is 37.1. The average molecular weight is 769 g/mol. The van der Waals surface area contributed by atoms with Crippen LogP contribution in [0.2, 0.25) is 5.02 Å². The Kier molecular flexibility index (Phi) is 12.4. The second kappa shape index (κ2) is 17.3. The number of carbonyl (C=O) groups is 2. The van der Waals surface area contributed by atoms with E-state index in [1.165, 1.54) is 35.0 Å². The molecule has 0 spiro atoms. The van der Waals surface area contributed by atoms with Crippen LogP contribution < -0.4 is 14.9 Å². The van der Waals surface area contributed by atoms with Crippen molar-refractivity contribution in [3.63, 3.8) is 0 Å².